The van der Waals surface area contributed by atoms with Crippen LogP contribution in [0.3, 0.4) is 0 Å². The summed E-state index contributed by atoms with van der Waals surface area (Å²) in [4.78, 5) is 4.41. The summed E-state index contributed by atoms with van der Waals surface area (Å²) < 4.78 is 50.7. The van der Waals surface area contributed by atoms with Crippen molar-refractivity contribution in [3.8, 4) is 17.2 Å². The molecule has 0 spiro atoms. The first-order valence-corrected chi connectivity index (χ1v) is 9.06. The van der Waals surface area contributed by atoms with E-state index in [0.29, 0.717) is 28.1 Å². The Balaban J connectivity index is 1.51. The zero-order valence-electron chi connectivity index (χ0n) is 14.5. The highest BCUT2D eigenvalue weighted by atomic mass is 32.2. The summed E-state index contributed by atoms with van der Waals surface area (Å²) in [6, 6.07) is 9.52. The number of halogens is 3. The SMILES string of the molecule is COc1ccc(-c2nc(CSc3nnc4ccc(C(F)(F)F)cn34)co2)cc1. The molecule has 0 unspecified atom stereocenters. The molecule has 4 aromatic rings. The van der Waals surface area contributed by atoms with Gasteiger partial charge in [-0.15, -0.1) is 10.2 Å². The maximum atomic E-state index is 12.9. The van der Waals surface area contributed by atoms with Crippen molar-refractivity contribution in [3.63, 3.8) is 0 Å². The van der Waals surface area contributed by atoms with E-state index in [1.54, 1.807) is 19.2 Å². The van der Waals surface area contributed by atoms with Crippen LogP contribution in [0.4, 0.5) is 13.2 Å². The second-order valence-corrected chi connectivity index (χ2v) is 6.73. The highest BCUT2D eigenvalue weighted by Gasteiger charge is 2.31. The number of thioether (sulfide) groups is 1. The van der Waals surface area contributed by atoms with E-state index in [-0.39, 0.29) is 0 Å². The van der Waals surface area contributed by atoms with Crippen LogP contribution in [0.25, 0.3) is 17.1 Å². The molecule has 0 radical (unpaired) electrons. The fraction of sp³-hybridized carbons (Fsp3) is 0.167. The van der Waals surface area contributed by atoms with Crippen molar-refractivity contribution < 1.29 is 22.3 Å². The second-order valence-electron chi connectivity index (χ2n) is 5.79. The molecule has 3 heterocycles. The number of benzene rings is 1. The molecule has 0 aliphatic heterocycles. The molecule has 0 fully saturated rings. The van der Waals surface area contributed by atoms with Gasteiger partial charge in [0.25, 0.3) is 0 Å². The van der Waals surface area contributed by atoms with E-state index in [1.807, 2.05) is 12.1 Å². The molecule has 6 nitrogen and oxygen atoms in total. The summed E-state index contributed by atoms with van der Waals surface area (Å²) in [5.74, 6) is 1.54. The number of hydrogen-bond donors (Lipinski definition) is 0. The predicted molar refractivity (Wildman–Crippen MR) is 96.0 cm³/mol. The molecule has 28 heavy (non-hydrogen) atoms. The van der Waals surface area contributed by atoms with Crippen LogP contribution in [0, 0.1) is 0 Å². The molecule has 0 N–H and O–H groups in total. The normalized spacial score (nSPS) is 11.9. The number of aromatic nitrogens is 4. The van der Waals surface area contributed by atoms with Gasteiger partial charge in [0.05, 0.1) is 18.4 Å². The van der Waals surface area contributed by atoms with Crippen molar-refractivity contribution in [1.29, 1.82) is 0 Å². The van der Waals surface area contributed by atoms with Crippen LogP contribution in [-0.4, -0.2) is 26.7 Å². The Kier molecular flexibility index (Phi) is 4.71. The van der Waals surface area contributed by atoms with E-state index < -0.39 is 11.7 Å². The third-order valence-corrected chi connectivity index (χ3v) is 4.91. The fourth-order valence-corrected chi connectivity index (χ4v) is 3.31. The maximum Gasteiger partial charge on any atom is 0.417 e. The van der Waals surface area contributed by atoms with Crippen LogP contribution in [0.15, 0.2) is 58.4 Å². The Morgan fingerprint density at radius 3 is 2.61 bits per heavy atom. The smallest absolute Gasteiger partial charge is 0.417 e. The Hall–Kier alpha value is -3.01. The number of pyridine rings is 1. The number of hydrogen-bond acceptors (Lipinski definition) is 6. The summed E-state index contributed by atoms with van der Waals surface area (Å²) in [6.07, 6.45) is -1.93. The number of methoxy groups -OCH3 is 1. The first-order valence-electron chi connectivity index (χ1n) is 8.07. The lowest BCUT2D eigenvalue weighted by Crippen LogP contribution is -2.06. The van der Waals surface area contributed by atoms with Crippen molar-refractivity contribution in [2.45, 2.75) is 17.1 Å². The van der Waals surface area contributed by atoms with Gasteiger partial charge in [-0.25, -0.2) is 4.98 Å². The van der Waals surface area contributed by atoms with Gasteiger partial charge in [-0.1, -0.05) is 11.8 Å². The van der Waals surface area contributed by atoms with E-state index in [0.717, 1.165) is 23.6 Å². The second kappa shape index (κ2) is 7.19. The number of rotatable bonds is 5. The lowest BCUT2D eigenvalue weighted by Gasteiger charge is -2.07. The lowest BCUT2D eigenvalue weighted by molar-refractivity contribution is -0.137. The van der Waals surface area contributed by atoms with E-state index in [2.05, 4.69) is 15.2 Å². The van der Waals surface area contributed by atoms with Gasteiger partial charge >= 0.3 is 6.18 Å². The van der Waals surface area contributed by atoms with Crippen LogP contribution in [0.5, 0.6) is 5.75 Å². The largest absolute Gasteiger partial charge is 0.497 e. The third-order valence-electron chi connectivity index (χ3n) is 3.94. The average molecular weight is 406 g/mol. The van der Waals surface area contributed by atoms with Crippen molar-refractivity contribution in [1.82, 2.24) is 19.6 Å². The zero-order chi connectivity index (χ0) is 19.7. The molecule has 0 atom stereocenters. The molecule has 0 bridgehead atoms. The molecular weight excluding hydrogens is 393 g/mol. The Bertz CT molecular complexity index is 1110. The van der Waals surface area contributed by atoms with Gasteiger partial charge in [-0.2, -0.15) is 13.2 Å². The topological polar surface area (TPSA) is 65.5 Å². The molecular formula is C18H13F3N4O2S. The van der Waals surface area contributed by atoms with Gasteiger partial charge in [-0.05, 0) is 36.4 Å². The maximum absolute atomic E-state index is 12.9. The summed E-state index contributed by atoms with van der Waals surface area (Å²) in [7, 11) is 1.58. The van der Waals surface area contributed by atoms with Crippen LogP contribution < -0.4 is 4.74 Å². The van der Waals surface area contributed by atoms with Gasteiger partial charge < -0.3 is 9.15 Å². The molecule has 3 aromatic heterocycles. The standard InChI is InChI=1S/C18H13F3N4O2S/c1-26-14-5-2-11(3-6-14)16-22-13(9-27-16)10-28-17-24-23-15-7-4-12(8-25(15)17)18(19,20)21/h2-9H,10H2,1H3. The van der Waals surface area contributed by atoms with E-state index >= 15 is 0 Å². The fourth-order valence-electron chi connectivity index (χ4n) is 2.51. The molecule has 1 aromatic carbocycles. The molecule has 0 amide bonds. The lowest BCUT2D eigenvalue weighted by atomic mass is 10.2. The molecule has 10 heteroatoms. The summed E-state index contributed by atoms with van der Waals surface area (Å²) in [5.41, 5.74) is 1.01. The molecule has 144 valence electrons. The van der Waals surface area contributed by atoms with Gasteiger partial charge in [0.2, 0.25) is 5.89 Å². The van der Waals surface area contributed by atoms with Gasteiger partial charge in [0, 0.05) is 17.5 Å². The summed E-state index contributed by atoms with van der Waals surface area (Å²) >= 11 is 1.22. The first-order chi connectivity index (χ1) is 13.4. The Morgan fingerprint density at radius 2 is 1.89 bits per heavy atom. The minimum Gasteiger partial charge on any atom is -0.497 e. The van der Waals surface area contributed by atoms with Gasteiger partial charge in [0.1, 0.15) is 12.0 Å². The highest BCUT2D eigenvalue weighted by molar-refractivity contribution is 7.98. The number of ether oxygens (including phenoxy) is 1. The number of oxazole rings is 1. The average Bonchev–Trinajstić information content (AvgIpc) is 3.32. The van der Waals surface area contributed by atoms with E-state index in [4.69, 9.17) is 9.15 Å². The summed E-state index contributed by atoms with van der Waals surface area (Å²) in [6.45, 7) is 0. The molecule has 0 aliphatic rings. The van der Waals surface area contributed by atoms with E-state index in [9.17, 15) is 13.2 Å². The Labute approximate surface area is 161 Å². The molecule has 0 saturated heterocycles. The monoisotopic (exact) mass is 406 g/mol. The van der Waals surface area contributed by atoms with Crippen molar-refractivity contribution in [2.75, 3.05) is 7.11 Å². The number of nitrogens with zero attached hydrogens (tertiary/aromatic N) is 4. The van der Waals surface area contributed by atoms with Gasteiger partial charge in [-0.3, -0.25) is 4.40 Å². The quantitative estimate of drug-likeness (QED) is 0.448. The van der Waals surface area contributed by atoms with Crippen LogP contribution in [0.1, 0.15) is 11.3 Å². The molecule has 0 saturated carbocycles. The Morgan fingerprint density at radius 1 is 1.11 bits per heavy atom. The molecule has 0 aliphatic carbocycles. The van der Waals surface area contributed by atoms with Crippen LogP contribution in [-0.2, 0) is 11.9 Å². The summed E-state index contributed by atoms with van der Waals surface area (Å²) in [5, 5.41) is 8.19. The van der Waals surface area contributed by atoms with Crippen LogP contribution in [0.2, 0.25) is 0 Å². The van der Waals surface area contributed by atoms with Crippen molar-refractivity contribution >= 4 is 17.4 Å². The number of alkyl halides is 3. The third kappa shape index (κ3) is 3.68. The highest BCUT2D eigenvalue weighted by Crippen LogP contribution is 2.31. The minimum absolute atomic E-state index is 0.342. The molecule has 4 rings (SSSR count). The van der Waals surface area contributed by atoms with Gasteiger partial charge in [0.15, 0.2) is 10.8 Å². The van der Waals surface area contributed by atoms with Crippen LogP contribution >= 0.6 is 11.8 Å². The van der Waals surface area contributed by atoms with Crippen molar-refractivity contribution in [3.05, 3.63) is 60.1 Å². The van der Waals surface area contributed by atoms with Crippen molar-refractivity contribution in [2.24, 2.45) is 0 Å². The predicted octanol–water partition coefficient (Wildman–Crippen LogP) is 4.70. The zero-order valence-corrected chi connectivity index (χ0v) is 15.3. The number of fused-ring (bicyclic) bond motifs is 1. The van der Waals surface area contributed by atoms with E-state index in [1.165, 1.54) is 28.5 Å². The first kappa shape index (κ1) is 18.4. The minimum atomic E-state index is -4.43.